The van der Waals surface area contributed by atoms with Gasteiger partial charge in [-0.05, 0) is 68.8 Å². The summed E-state index contributed by atoms with van der Waals surface area (Å²) in [6, 6.07) is 19.5. The maximum atomic E-state index is 15.4. The van der Waals surface area contributed by atoms with Gasteiger partial charge in [0.15, 0.2) is 8.32 Å². The summed E-state index contributed by atoms with van der Waals surface area (Å²) in [5.41, 5.74) is 2.00. The molecule has 2 aromatic carbocycles. The molecule has 2 aromatic rings. The quantitative estimate of drug-likeness (QED) is 0.0769. The molecular weight excluding hydrogens is 590 g/mol. The minimum atomic E-state index is -2.91. The van der Waals surface area contributed by atoms with Gasteiger partial charge < -0.3 is 13.9 Å². The number of rotatable bonds is 21. The fraction of sp³-hybridized carbons (Fsp3) is 0.622. The number of ketones is 1. The number of unbranched alkanes of at least 4 members (excludes halogenated alkanes) is 4. The molecule has 0 saturated heterocycles. The lowest BCUT2D eigenvalue weighted by atomic mass is 9.84. The summed E-state index contributed by atoms with van der Waals surface area (Å²) in [6.07, 6.45) is 4.98. The summed E-state index contributed by atoms with van der Waals surface area (Å²) >= 11 is 0. The number of alkyl halides is 2. The third-order valence-corrected chi connectivity index (χ3v) is 9.59. The van der Waals surface area contributed by atoms with Gasteiger partial charge in [-0.25, -0.2) is 8.78 Å². The number of hydrogen-bond donors (Lipinski definition) is 0. The van der Waals surface area contributed by atoms with E-state index in [9.17, 15) is 9.59 Å². The standard InChI is InChI=1S/C37H54F2O5Si/c1-5-6-25-37(38,39)35(44-45(2,3)4)24-23-32-31(33(40)26-34(32)42-27-29-17-11-9-12-18-29)21-15-7-8-16-22-36(41)43-28-30-19-13-10-14-20-30/h9-14,17-20,31-32,34-35H,5-8,15-16,21-28H2,1-4H3/t31-,32-,34-,35?/m1/s1. The fourth-order valence-corrected chi connectivity index (χ4v) is 7.36. The topological polar surface area (TPSA) is 61.8 Å². The van der Waals surface area contributed by atoms with Crippen molar-refractivity contribution in [3.05, 3.63) is 71.8 Å². The molecule has 3 rings (SSSR count). The third-order valence-electron chi connectivity index (χ3n) is 8.60. The summed E-state index contributed by atoms with van der Waals surface area (Å²) in [4.78, 5) is 25.4. The first kappa shape index (κ1) is 37.0. The van der Waals surface area contributed by atoms with E-state index in [1.807, 2.05) is 87.2 Å². The van der Waals surface area contributed by atoms with E-state index < -0.39 is 20.3 Å². The van der Waals surface area contributed by atoms with Crippen LogP contribution in [-0.2, 0) is 36.7 Å². The normalized spacial score (nSPS) is 19.5. The van der Waals surface area contributed by atoms with E-state index in [2.05, 4.69) is 0 Å². The van der Waals surface area contributed by atoms with E-state index in [0.29, 0.717) is 45.1 Å². The van der Waals surface area contributed by atoms with Gasteiger partial charge in [0.1, 0.15) is 18.5 Å². The van der Waals surface area contributed by atoms with Crippen molar-refractivity contribution < 1.29 is 32.3 Å². The van der Waals surface area contributed by atoms with Crippen LogP contribution >= 0.6 is 0 Å². The highest BCUT2D eigenvalue weighted by Gasteiger charge is 2.46. The molecule has 4 atom stereocenters. The first-order valence-corrected chi connectivity index (χ1v) is 20.3. The number of benzene rings is 2. The van der Waals surface area contributed by atoms with E-state index in [4.69, 9.17) is 13.9 Å². The summed E-state index contributed by atoms with van der Waals surface area (Å²) in [6.45, 7) is 8.45. The van der Waals surface area contributed by atoms with Gasteiger partial charge in [-0.2, -0.15) is 0 Å². The maximum Gasteiger partial charge on any atom is 0.306 e. The first-order valence-electron chi connectivity index (χ1n) is 16.9. The third kappa shape index (κ3) is 13.5. The van der Waals surface area contributed by atoms with E-state index in [1.165, 1.54) is 0 Å². The second-order valence-electron chi connectivity index (χ2n) is 13.5. The van der Waals surface area contributed by atoms with Crippen LogP contribution in [0, 0.1) is 11.8 Å². The molecule has 1 aliphatic carbocycles. The highest BCUT2D eigenvalue weighted by molar-refractivity contribution is 6.69. The molecule has 0 radical (unpaired) electrons. The number of hydrogen-bond acceptors (Lipinski definition) is 5. The zero-order valence-electron chi connectivity index (χ0n) is 27.8. The van der Waals surface area contributed by atoms with Gasteiger partial charge >= 0.3 is 5.97 Å². The Bertz CT molecular complexity index is 1140. The lowest BCUT2D eigenvalue weighted by Gasteiger charge is -2.34. The van der Waals surface area contributed by atoms with Crippen LogP contribution in [0.1, 0.15) is 95.1 Å². The van der Waals surface area contributed by atoms with Gasteiger partial charge in [0.2, 0.25) is 0 Å². The Balaban J connectivity index is 1.56. The number of carbonyl (C=O) groups is 2. The lowest BCUT2D eigenvalue weighted by molar-refractivity contribution is -0.145. The lowest BCUT2D eigenvalue weighted by Crippen LogP contribution is -2.43. The SMILES string of the molecule is CCCCC(F)(F)C(CC[C@H]1[C@H](OCc2ccccc2)CC(=O)[C@@H]1CCCCCCC(=O)OCc1ccccc1)O[Si](C)(C)C. The Morgan fingerprint density at radius 1 is 0.889 bits per heavy atom. The molecule has 0 spiro atoms. The highest BCUT2D eigenvalue weighted by atomic mass is 28.4. The van der Waals surface area contributed by atoms with Gasteiger partial charge in [0.05, 0.1) is 12.7 Å². The van der Waals surface area contributed by atoms with Crippen molar-refractivity contribution in [3.8, 4) is 0 Å². The minimum Gasteiger partial charge on any atom is -0.461 e. The molecule has 1 aliphatic rings. The Morgan fingerprint density at radius 2 is 1.51 bits per heavy atom. The zero-order chi connectivity index (χ0) is 32.7. The monoisotopic (exact) mass is 644 g/mol. The fourth-order valence-electron chi connectivity index (χ4n) is 6.22. The van der Waals surface area contributed by atoms with Crippen molar-refractivity contribution in [2.75, 3.05) is 0 Å². The smallest absolute Gasteiger partial charge is 0.306 e. The van der Waals surface area contributed by atoms with Crippen LogP contribution in [0.15, 0.2) is 60.7 Å². The van der Waals surface area contributed by atoms with Crippen LogP contribution in [0.5, 0.6) is 0 Å². The second-order valence-corrected chi connectivity index (χ2v) is 18.0. The van der Waals surface area contributed by atoms with Crippen LogP contribution in [0.25, 0.3) is 0 Å². The average molecular weight is 645 g/mol. The summed E-state index contributed by atoms with van der Waals surface area (Å²) < 4.78 is 48.6. The van der Waals surface area contributed by atoms with E-state index in [1.54, 1.807) is 0 Å². The van der Waals surface area contributed by atoms with E-state index >= 15 is 8.78 Å². The molecule has 8 heteroatoms. The molecule has 0 heterocycles. The molecule has 0 N–H and O–H groups in total. The van der Waals surface area contributed by atoms with E-state index in [-0.39, 0.29) is 49.1 Å². The van der Waals surface area contributed by atoms with Crippen LogP contribution in [-0.4, -0.2) is 38.2 Å². The van der Waals surface area contributed by atoms with Crippen molar-refractivity contribution in [1.29, 1.82) is 0 Å². The van der Waals surface area contributed by atoms with Gasteiger partial charge in [0, 0.05) is 25.2 Å². The van der Waals surface area contributed by atoms with Crippen molar-refractivity contribution in [3.63, 3.8) is 0 Å². The van der Waals surface area contributed by atoms with Crippen molar-refractivity contribution in [1.82, 2.24) is 0 Å². The van der Waals surface area contributed by atoms with Crippen LogP contribution in [0.4, 0.5) is 8.78 Å². The van der Waals surface area contributed by atoms with Crippen molar-refractivity contribution >= 4 is 20.1 Å². The summed E-state index contributed by atoms with van der Waals surface area (Å²) in [5.74, 6) is -3.27. The van der Waals surface area contributed by atoms with Crippen molar-refractivity contribution in [2.24, 2.45) is 11.8 Å². The number of halogens is 2. The Labute approximate surface area is 270 Å². The summed E-state index contributed by atoms with van der Waals surface area (Å²) in [5, 5.41) is 0. The molecule has 0 amide bonds. The molecule has 0 aliphatic heterocycles. The predicted molar refractivity (Wildman–Crippen MR) is 177 cm³/mol. The Kier molecular flexibility index (Phi) is 15.4. The second kappa shape index (κ2) is 18.7. The van der Waals surface area contributed by atoms with Crippen LogP contribution in [0.3, 0.4) is 0 Å². The number of carbonyl (C=O) groups excluding carboxylic acids is 2. The van der Waals surface area contributed by atoms with E-state index in [0.717, 1.165) is 36.8 Å². The average Bonchev–Trinajstić information content (AvgIpc) is 3.31. The predicted octanol–water partition coefficient (Wildman–Crippen LogP) is 9.69. The molecule has 45 heavy (non-hydrogen) atoms. The Hall–Kier alpha value is -2.42. The molecule has 1 saturated carbocycles. The summed E-state index contributed by atoms with van der Waals surface area (Å²) in [7, 11) is -2.23. The zero-order valence-corrected chi connectivity index (χ0v) is 28.8. The van der Waals surface area contributed by atoms with Gasteiger partial charge in [0.25, 0.3) is 5.92 Å². The number of esters is 1. The first-order chi connectivity index (χ1) is 21.5. The molecular formula is C37H54F2O5Si. The molecule has 1 unspecified atom stereocenters. The highest BCUT2D eigenvalue weighted by Crippen LogP contribution is 2.41. The number of ether oxygens (including phenoxy) is 2. The molecule has 0 aromatic heterocycles. The largest absolute Gasteiger partial charge is 0.461 e. The molecule has 5 nitrogen and oxygen atoms in total. The molecule has 1 fully saturated rings. The minimum absolute atomic E-state index is 0.121. The van der Waals surface area contributed by atoms with Crippen LogP contribution in [0.2, 0.25) is 19.6 Å². The van der Waals surface area contributed by atoms with Gasteiger partial charge in [-0.15, -0.1) is 0 Å². The van der Waals surface area contributed by atoms with Crippen LogP contribution < -0.4 is 0 Å². The Morgan fingerprint density at radius 3 is 2.13 bits per heavy atom. The maximum absolute atomic E-state index is 15.4. The molecule has 0 bridgehead atoms. The van der Waals surface area contributed by atoms with Gasteiger partial charge in [-0.1, -0.05) is 93.3 Å². The van der Waals surface area contributed by atoms with Crippen molar-refractivity contribution in [2.45, 2.75) is 135 Å². The number of Topliss-reactive ketones (excluding diaryl/α,β-unsaturated/α-hetero) is 1. The van der Waals surface area contributed by atoms with Gasteiger partial charge in [-0.3, -0.25) is 9.59 Å². The molecule has 250 valence electrons.